The van der Waals surface area contributed by atoms with Crippen LogP contribution in [0.5, 0.6) is 0 Å². The first kappa shape index (κ1) is 21.1. The number of hydrogen-bond donors (Lipinski definition) is 0. The second-order valence-electron chi connectivity index (χ2n) is 7.71. The van der Waals surface area contributed by atoms with E-state index in [1.54, 1.807) is 14.8 Å². The highest BCUT2D eigenvalue weighted by molar-refractivity contribution is 6.24. The molecule has 0 radical (unpaired) electrons. The van der Waals surface area contributed by atoms with Crippen molar-refractivity contribution in [1.82, 2.24) is 9.96 Å². The molecule has 1 heterocycles. The fourth-order valence-electron chi connectivity index (χ4n) is 3.69. The Hall–Kier alpha value is -2.19. The van der Waals surface area contributed by atoms with E-state index in [0.29, 0.717) is 25.7 Å². The summed E-state index contributed by atoms with van der Waals surface area (Å²) in [5.41, 5.74) is 0. The lowest BCUT2D eigenvalue weighted by molar-refractivity contribution is -0.197. The van der Waals surface area contributed by atoms with Crippen molar-refractivity contribution in [3.8, 4) is 0 Å². The Morgan fingerprint density at radius 1 is 1.30 bits per heavy atom. The molecule has 3 amide bonds. The number of imide groups is 1. The molecule has 1 aliphatic carbocycles. The van der Waals surface area contributed by atoms with Gasteiger partial charge in [0.1, 0.15) is 14.1 Å². The zero-order chi connectivity index (χ0) is 20.1. The SMILES string of the molecule is BC(CC=O)C(=O)N(C)OC(=O)C1CCC(CN2C(=O)CC(C)C2=O)CC1. The summed E-state index contributed by atoms with van der Waals surface area (Å²) >= 11 is 0. The Balaban J connectivity index is 1.78. The van der Waals surface area contributed by atoms with Gasteiger partial charge >= 0.3 is 5.97 Å². The predicted octanol–water partition coefficient (Wildman–Crippen LogP) is 0.115. The molecule has 0 bridgehead atoms. The first-order valence-electron chi connectivity index (χ1n) is 9.51. The molecule has 2 aliphatic rings. The Morgan fingerprint density at radius 2 is 1.93 bits per heavy atom. The summed E-state index contributed by atoms with van der Waals surface area (Å²) in [6.07, 6.45) is 3.68. The van der Waals surface area contributed by atoms with Crippen molar-refractivity contribution >= 4 is 37.8 Å². The maximum Gasteiger partial charge on any atom is 0.335 e. The molecule has 27 heavy (non-hydrogen) atoms. The molecular weight excluding hydrogens is 351 g/mol. The van der Waals surface area contributed by atoms with E-state index in [9.17, 15) is 24.0 Å². The highest BCUT2D eigenvalue weighted by Gasteiger charge is 2.38. The Kier molecular flexibility index (Phi) is 7.15. The van der Waals surface area contributed by atoms with Gasteiger partial charge in [-0.1, -0.05) is 6.92 Å². The Labute approximate surface area is 159 Å². The number of carbonyl (C=O) groups is 5. The van der Waals surface area contributed by atoms with Gasteiger partial charge in [-0.3, -0.25) is 19.3 Å². The molecule has 2 atom stereocenters. The third kappa shape index (κ3) is 5.17. The van der Waals surface area contributed by atoms with Crippen LogP contribution < -0.4 is 0 Å². The number of amides is 3. The van der Waals surface area contributed by atoms with E-state index in [0.717, 1.165) is 17.9 Å². The van der Waals surface area contributed by atoms with E-state index in [1.165, 1.54) is 11.9 Å². The number of likely N-dealkylation sites (tertiary alicyclic amines) is 1. The molecule has 0 aromatic rings. The van der Waals surface area contributed by atoms with Crippen molar-refractivity contribution in [1.29, 1.82) is 0 Å². The van der Waals surface area contributed by atoms with Crippen LogP contribution in [-0.2, 0) is 28.8 Å². The predicted molar refractivity (Wildman–Crippen MR) is 97.8 cm³/mol. The summed E-state index contributed by atoms with van der Waals surface area (Å²) in [7, 11) is 2.98. The first-order chi connectivity index (χ1) is 12.7. The number of carbonyl (C=O) groups excluding carboxylic acids is 5. The van der Waals surface area contributed by atoms with E-state index in [1.807, 2.05) is 0 Å². The standard InChI is InChI=1S/C18H27BN2O6/c1-11-9-15(23)21(16(11)24)10-12-3-5-13(6-4-12)18(26)27-20(2)17(25)14(19)7-8-22/h8,11-14H,3-7,9-10,19H2,1-2H3. The summed E-state index contributed by atoms with van der Waals surface area (Å²) in [6, 6.07) is 0. The number of hydrogen-bond acceptors (Lipinski definition) is 6. The third-order valence-corrected chi connectivity index (χ3v) is 5.50. The van der Waals surface area contributed by atoms with Crippen LogP contribution in [-0.4, -0.2) is 61.4 Å². The monoisotopic (exact) mass is 378 g/mol. The molecule has 0 aromatic heterocycles. The molecular formula is C18H27BN2O6. The second kappa shape index (κ2) is 9.15. The van der Waals surface area contributed by atoms with Crippen molar-refractivity contribution < 1.29 is 28.8 Å². The van der Waals surface area contributed by atoms with Gasteiger partial charge in [0.2, 0.25) is 11.8 Å². The summed E-state index contributed by atoms with van der Waals surface area (Å²) < 4.78 is 0. The maximum absolute atomic E-state index is 12.3. The van der Waals surface area contributed by atoms with Crippen LogP contribution in [0.3, 0.4) is 0 Å². The van der Waals surface area contributed by atoms with Gasteiger partial charge in [-0.05, 0) is 31.6 Å². The average molecular weight is 378 g/mol. The number of nitrogens with zero attached hydrogens (tertiary/aromatic N) is 2. The van der Waals surface area contributed by atoms with Gasteiger partial charge in [0, 0.05) is 38.2 Å². The highest BCUT2D eigenvalue weighted by Crippen LogP contribution is 2.32. The molecule has 1 saturated heterocycles. The zero-order valence-electron chi connectivity index (χ0n) is 16.2. The minimum atomic E-state index is -0.533. The molecule has 9 heteroatoms. The van der Waals surface area contributed by atoms with Crippen molar-refractivity contribution in [2.75, 3.05) is 13.6 Å². The summed E-state index contributed by atoms with van der Waals surface area (Å²) in [5, 5.41) is 0.908. The van der Waals surface area contributed by atoms with E-state index < -0.39 is 17.7 Å². The normalized spacial score (nSPS) is 26.6. The molecule has 2 unspecified atom stereocenters. The number of aldehydes is 1. The number of hydroxylamine groups is 2. The van der Waals surface area contributed by atoms with Gasteiger partial charge < -0.3 is 9.63 Å². The quantitative estimate of drug-likeness (QED) is 0.282. The van der Waals surface area contributed by atoms with E-state index in [2.05, 4.69) is 0 Å². The fourth-order valence-corrected chi connectivity index (χ4v) is 3.69. The largest absolute Gasteiger partial charge is 0.338 e. The third-order valence-electron chi connectivity index (χ3n) is 5.50. The smallest absolute Gasteiger partial charge is 0.335 e. The molecule has 0 N–H and O–H groups in total. The minimum absolute atomic E-state index is 0.0817. The summed E-state index contributed by atoms with van der Waals surface area (Å²) in [6.45, 7) is 2.19. The number of rotatable bonds is 6. The lowest BCUT2D eigenvalue weighted by Gasteiger charge is -2.30. The van der Waals surface area contributed by atoms with Gasteiger partial charge in [0.05, 0.1) is 5.92 Å². The van der Waals surface area contributed by atoms with Gasteiger partial charge in [0.25, 0.3) is 5.91 Å². The van der Waals surface area contributed by atoms with Gasteiger partial charge in [-0.25, -0.2) is 4.79 Å². The molecule has 0 aromatic carbocycles. The van der Waals surface area contributed by atoms with E-state index >= 15 is 0 Å². The lowest BCUT2D eigenvalue weighted by atomic mass is 9.82. The highest BCUT2D eigenvalue weighted by atomic mass is 16.7. The molecule has 1 aliphatic heterocycles. The molecule has 2 fully saturated rings. The maximum atomic E-state index is 12.3. The van der Waals surface area contributed by atoms with Gasteiger partial charge in [-0.15, -0.1) is 0 Å². The van der Waals surface area contributed by atoms with Crippen LogP contribution in [0.25, 0.3) is 0 Å². The van der Waals surface area contributed by atoms with Crippen molar-refractivity contribution in [2.24, 2.45) is 17.8 Å². The zero-order valence-corrected chi connectivity index (χ0v) is 16.2. The van der Waals surface area contributed by atoms with Crippen molar-refractivity contribution in [2.45, 2.75) is 51.3 Å². The van der Waals surface area contributed by atoms with Crippen molar-refractivity contribution in [3.63, 3.8) is 0 Å². The molecule has 1 saturated carbocycles. The second-order valence-corrected chi connectivity index (χ2v) is 7.71. The first-order valence-corrected chi connectivity index (χ1v) is 9.51. The van der Waals surface area contributed by atoms with Crippen LogP contribution >= 0.6 is 0 Å². The van der Waals surface area contributed by atoms with Crippen LogP contribution in [0.4, 0.5) is 0 Å². The molecule has 2 rings (SSSR count). The summed E-state index contributed by atoms with van der Waals surface area (Å²) in [4.78, 5) is 65.2. The van der Waals surface area contributed by atoms with Crippen LogP contribution in [0.1, 0.15) is 45.4 Å². The molecule has 148 valence electrons. The lowest BCUT2D eigenvalue weighted by Crippen LogP contribution is -2.38. The van der Waals surface area contributed by atoms with Crippen molar-refractivity contribution in [3.05, 3.63) is 0 Å². The average Bonchev–Trinajstić information content (AvgIpc) is 2.87. The van der Waals surface area contributed by atoms with Gasteiger partial charge in [0.15, 0.2) is 0 Å². The Morgan fingerprint density at radius 3 is 2.44 bits per heavy atom. The van der Waals surface area contributed by atoms with Crippen LogP contribution in [0.15, 0.2) is 0 Å². The Bertz CT molecular complexity index is 617. The van der Waals surface area contributed by atoms with Crippen LogP contribution in [0, 0.1) is 17.8 Å². The van der Waals surface area contributed by atoms with E-state index in [-0.39, 0.29) is 42.4 Å². The fraction of sp³-hybridized carbons (Fsp3) is 0.722. The molecule has 0 spiro atoms. The molecule has 8 nitrogen and oxygen atoms in total. The van der Waals surface area contributed by atoms with Gasteiger partial charge in [-0.2, -0.15) is 5.06 Å². The topological polar surface area (TPSA) is 101 Å². The van der Waals surface area contributed by atoms with Crippen LogP contribution in [0.2, 0.25) is 5.82 Å². The van der Waals surface area contributed by atoms with E-state index in [4.69, 9.17) is 4.84 Å². The summed E-state index contributed by atoms with van der Waals surface area (Å²) in [5.74, 6) is -1.97. The minimum Gasteiger partial charge on any atom is -0.338 e.